The Labute approximate surface area is 114 Å². The van der Waals surface area contributed by atoms with E-state index in [0.717, 1.165) is 4.88 Å². The predicted octanol–water partition coefficient (Wildman–Crippen LogP) is 3.15. The lowest BCUT2D eigenvalue weighted by Crippen LogP contribution is -2.14. The van der Waals surface area contributed by atoms with Crippen molar-refractivity contribution in [2.24, 2.45) is 0 Å². The number of carbonyl (C=O) groups excluding carboxylic acids is 1. The van der Waals surface area contributed by atoms with Crippen molar-refractivity contribution in [3.8, 4) is 0 Å². The van der Waals surface area contributed by atoms with Gasteiger partial charge in [0.1, 0.15) is 0 Å². The molecule has 2 aromatic rings. The van der Waals surface area contributed by atoms with Crippen molar-refractivity contribution in [1.82, 2.24) is 0 Å². The molecule has 6 heteroatoms. The van der Waals surface area contributed by atoms with Gasteiger partial charge in [0.2, 0.25) is 5.91 Å². The molecule has 0 radical (unpaired) electrons. The average molecular weight is 276 g/mol. The number of carbonyl (C=O) groups is 1. The lowest BCUT2D eigenvalue weighted by atomic mass is 10.1. The fourth-order valence-electron chi connectivity index (χ4n) is 1.67. The van der Waals surface area contributed by atoms with Crippen LogP contribution >= 0.6 is 11.3 Å². The topological polar surface area (TPSA) is 72.2 Å². The smallest absolute Gasteiger partial charge is 0.269 e. The zero-order chi connectivity index (χ0) is 13.8. The van der Waals surface area contributed by atoms with E-state index in [1.807, 2.05) is 17.5 Å². The number of nitrogens with one attached hydrogen (secondary N) is 1. The van der Waals surface area contributed by atoms with E-state index >= 15 is 0 Å². The van der Waals surface area contributed by atoms with E-state index in [1.54, 1.807) is 13.0 Å². The van der Waals surface area contributed by atoms with Gasteiger partial charge in [-0.3, -0.25) is 14.9 Å². The van der Waals surface area contributed by atoms with Crippen molar-refractivity contribution in [3.63, 3.8) is 0 Å². The first-order chi connectivity index (χ1) is 9.06. The van der Waals surface area contributed by atoms with Gasteiger partial charge in [0.25, 0.3) is 5.69 Å². The van der Waals surface area contributed by atoms with Gasteiger partial charge < -0.3 is 5.32 Å². The molecule has 0 aliphatic carbocycles. The molecule has 0 unspecified atom stereocenters. The first-order valence-electron chi connectivity index (χ1n) is 5.63. The van der Waals surface area contributed by atoms with Crippen LogP contribution < -0.4 is 5.32 Å². The largest absolute Gasteiger partial charge is 0.326 e. The average Bonchev–Trinajstić information content (AvgIpc) is 2.84. The Hall–Kier alpha value is -2.21. The zero-order valence-electron chi connectivity index (χ0n) is 10.3. The van der Waals surface area contributed by atoms with Crippen molar-refractivity contribution in [1.29, 1.82) is 0 Å². The normalized spacial score (nSPS) is 10.2. The second kappa shape index (κ2) is 5.62. The van der Waals surface area contributed by atoms with Crippen LogP contribution in [0.2, 0.25) is 0 Å². The molecule has 1 N–H and O–H groups in total. The number of thiophene rings is 1. The number of nitro groups is 1. The summed E-state index contributed by atoms with van der Waals surface area (Å²) < 4.78 is 0. The summed E-state index contributed by atoms with van der Waals surface area (Å²) in [6, 6.07) is 8.17. The van der Waals surface area contributed by atoms with Crippen LogP contribution in [0, 0.1) is 17.0 Å². The maximum atomic E-state index is 11.8. The second-order valence-corrected chi connectivity index (χ2v) is 5.09. The number of nitro benzene ring substituents is 1. The van der Waals surface area contributed by atoms with Crippen molar-refractivity contribution in [2.45, 2.75) is 13.3 Å². The Bertz CT molecular complexity index is 608. The van der Waals surface area contributed by atoms with Crippen molar-refractivity contribution in [2.75, 3.05) is 5.32 Å². The molecule has 98 valence electrons. The number of amides is 1. The maximum Gasteiger partial charge on any atom is 0.269 e. The van der Waals surface area contributed by atoms with Gasteiger partial charge in [0.15, 0.2) is 0 Å². The SMILES string of the molecule is Cc1cc([N+](=O)[O-])ccc1NC(=O)Cc1cccs1. The number of anilines is 1. The molecule has 0 fully saturated rings. The van der Waals surface area contributed by atoms with Crippen LogP contribution in [0.15, 0.2) is 35.7 Å². The van der Waals surface area contributed by atoms with Crippen molar-refractivity contribution < 1.29 is 9.72 Å². The summed E-state index contributed by atoms with van der Waals surface area (Å²) in [5.74, 6) is -0.126. The molecule has 1 heterocycles. The Kier molecular flexibility index (Phi) is 3.91. The molecule has 19 heavy (non-hydrogen) atoms. The highest BCUT2D eigenvalue weighted by molar-refractivity contribution is 7.10. The fourth-order valence-corrected chi connectivity index (χ4v) is 2.37. The van der Waals surface area contributed by atoms with Crippen LogP contribution in [0.5, 0.6) is 0 Å². The second-order valence-electron chi connectivity index (χ2n) is 4.06. The summed E-state index contributed by atoms with van der Waals surface area (Å²) in [4.78, 5) is 23.0. The summed E-state index contributed by atoms with van der Waals surface area (Å²) in [7, 11) is 0. The summed E-state index contributed by atoms with van der Waals surface area (Å²) in [5, 5.41) is 15.3. The molecule has 0 aliphatic heterocycles. The minimum atomic E-state index is -0.454. The molecule has 0 aliphatic rings. The van der Waals surface area contributed by atoms with Crippen LogP contribution in [0.25, 0.3) is 0 Å². The van der Waals surface area contributed by atoms with Gasteiger partial charge in [-0.05, 0) is 30.0 Å². The van der Waals surface area contributed by atoms with Gasteiger partial charge in [-0.15, -0.1) is 11.3 Å². The number of non-ortho nitro benzene ring substituents is 1. The standard InChI is InChI=1S/C13H12N2O3S/c1-9-7-10(15(17)18)4-5-12(9)14-13(16)8-11-3-2-6-19-11/h2-7H,8H2,1H3,(H,14,16). The van der Waals surface area contributed by atoms with Crippen molar-refractivity contribution >= 4 is 28.6 Å². The highest BCUT2D eigenvalue weighted by Crippen LogP contribution is 2.21. The third kappa shape index (κ3) is 3.38. The molecule has 1 aromatic heterocycles. The van der Waals surface area contributed by atoms with Gasteiger partial charge in [-0.1, -0.05) is 6.07 Å². The molecule has 5 nitrogen and oxygen atoms in total. The Morgan fingerprint density at radius 2 is 2.21 bits per heavy atom. The van der Waals surface area contributed by atoms with E-state index in [9.17, 15) is 14.9 Å². The summed E-state index contributed by atoms with van der Waals surface area (Å²) >= 11 is 1.52. The monoisotopic (exact) mass is 276 g/mol. The minimum Gasteiger partial charge on any atom is -0.326 e. The zero-order valence-corrected chi connectivity index (χ0v) is 11.1. The molecule has 1 amide bonds. The highest BCUT2D eigenvalue weighted by Gasteiger charge is 2.10. The van der Waals surface area contributed by atoms with Crippen LogP contribution in [-0.4, -0.2) is 10.8 Å². The van der Waals surface area contributed by atoms with Crippen LogP contribution in [0.4, 0.5) is 11.4 Å². The molecule has 2 rings (SSSR count). The summed E-state index contributed by atoms with van der Waals surface area (Å²) in [5.41, 5.74) is 1.30. The van der Waals surface area contributed by atoms with E-state index < -0.39 is 4.92 Å². The summed E-state index contributed by atoms with van der Waals surface area (Å²) in [6.07, 6.45) is 0.314. The number of hydrogen-bond acceptors (Lipinski definition) is 4. The van der Waals surface area contributed by atoms with Crippen molar-refractivity contribution in [3.05, 3.63) is 56.3 Å². The number of benzene rings is 1. The lowest BCUT2D eigenvalue weighted by molar-refractivity contribution is -0.384. The molecule has 0 saturated heterocycles. The van der Waals surface area contributed by atoms with E-state index in [0.29, 0.717) is 17.7 Å². The minimum absolute atomic E-state index is 0.0220. The molecule has 0 saturated carbocycles. The Morgan fingerprint density at radius 3 is 2.79 bits per heavy atom. The third-order valence-corrected chi connectivity index (χ3v) is 3.49. The van der Waals surface area contributed by atoms with Gasteiger partial charge in [-0.2, -0.15) is 0 Å². The molecule has 1 aromatic carbocycles. The predicted molar refractivity (Wildman–Crippen MR) is 74.5 cm³/mol. The molecular formula is C13H12N2O3S. The first kappa shape index (κ1) is 13.2. The first-order valence-corrected chi connectivity index (χ1v) is 6.51. The fraction of sp³-hybridized carbons (Fsp3) is 0.154. The number of hydrogen-bond donors (Lipinski definition) is 1. The molecular weight excluding hydrogens is 264 g/mol. The number of nitrogens with zero attached hydrogens (tertiary/aromatic N) is 1. The van der Waals surface area contributed by atoms with Gasteiger partial charge in [0.05, 0.1) is 11.3 Å². The Balaban J connectivity index is 2.07. The van der Waals surface area contributed by atoms with E-state index in [2.05, 4.69) is 5.32 Å². The van der Waals surface area contributed by atoms with E-state index in [-0.39, 0.29) is 11.6 Å². The molecule has 0 spiro atoms. The number of aryl methyl sites for hydroxylation is 1. The highest BCUT2D eigenvalue weighted by atomic mass is 32.1. The Morgan fingerprint density at radius 1 is 1.42 bits per heavy atom. The van der Waals surface area contributed by atoms with E-state index in [4.69, 9.17) is 0 Å². The molecule has 0 atom stereocenters. The van der Waals surface area contributed by atoms with Gasteiger partial charge in [0, 0.05) is 22.7 Å². The van der Waals surface area contributed by atoms with Crippen LogP contribution in [0.1, 0.15) is 10.4 Å². The third-order valence-electron chi connectivity index (χ3n) is 2.61. The molecule has 0 bridgehead atoms. The van der Waals surface area contributed by atoms with Gasteiger partial charge >= 0.3 is 0 Å². The van der Waals surface area contributed by atoms with Crippen LogP contribution in [-0.2, 0) is 11.2 Å². The van der Waals surface area contributed by atoms with Crippen LogP contribution in [0.3, 0.4) is 0 Å². The number of rotatable bonds is 4. The quantitative estimate of drug-likeness (QED) is 0.688. The van der Waals surface area contributed by atoms with E-state index in [1.165, 1.54) is 23.5 Å². The maximum absolute atomic E-state index is 11.8. The summed E-state index contributed by atoms with van der Waals surface area (Å²) in [6.45, 7) is 1.73. The lowest BCUT2D eigenvalue weighted by Gasteiger charge is -2.07. The van der Waals surface area contributed by atoms with Gasteiger partial charge in [-0.25, -0.2) is 0 Å².